The van der Waals surface area contributed by atoms with Crippen LogP contribution in [0.2, 0.25) is 0 Å². The van der Waals surface area contributed by atoms with Gasteiger partial charge in [-0.15, -0.1) is 11.3 Å². The molecule has 0 saturated heterocycles. The van der Waals surface area contributed by atoms with Gasteiger partial charge in [0.25, 0.3) is 0 Å². The molecule has 1 heterocycles. The number of hydrogen-bond donors (Lipinski definition) is 2. The van der Waals surface area contributed by atoms with Gasteiger partial charge in [0.1, 0.15) is 5.78 Å². The average molecular weight is 405 g/mol. The lowest BCUT2D eigenvalue weighted by Crippen LogP contribution is -2.30. The van der Waals surface area contributed by atoms with Crippen molar-refractivity contribution in [1.82, 2.24) is 0 Å². The molecule has 4 rings (SSSR count). The van der Waals surface area contributed by atoms with E-state index in [2.05, 4.69) is 0 Å². The molecular weight excluding hydrogens is 378 g/mol. The number of Topliss-reactive ketones (excluding diaryl/α,β-unsaturated/α-hetero) is 1. The summed E-state index contributed by atoms with van der Waals surface area (Å²) in [5.41, 5.74) is 16.4. The molecule has 0 saturated carbocycles. The Bertz CT molecular complexity index is 908. The highest BCUT2D eigenvalue weighted by Gasteiger charge is 2.31. The van der Waals surface area contributed by atoms with Crippen LogP contribution in [0.4, 0.5) is 8.78 Å². The van der Waals surface area contributed by atoms with E-state index in [1.165, 1.54) is 35.4 Å². The molecule has 4 N–H and O–H groups in total. The number of aryl methyl sites for hydroxylation is 2. The lowest BCUT2D eigenvalue weighted by Gasteiger charge is -2.20. The summed E-state index contributed by atoms with van der Waals surface area (Å²) in [6, 6.07) is 2.14. The van der Waals surface area contributed by atoms with Gasteiger partial charge in [-0.25, -0.2) is 8.78 Å². The number of carbonyl (C=O) groups is 1. The number of fused-ring (bicyclic) bond motifs is 2. The van der Waals surface area contributed by atoms with Gasteiger partial charge in [0.15, 0.2) is 11.6 Å². The number of ketones is 1. The van der Waals surface area contributed by atoms with Crippen molar-refractivity contribution in [3.8, 4) is 0 Å². The number of hydrogen-bond acceptors (Lipinski definition) is 4. The van der Waals surface area contributed by atoms with Crippen molar-refractivity contribution in [3.05, 3.63) is 55.8 Å². The van der Waals surface area contributed by atoms with E-state index in [1.807, 2.05) is 0 Å². The van der Waals surface area contributed by atoms with Gasteiger partial charge in [0, 0.05) is 41.1 Å². The molecule has 2 atom stereocenters. The predicted molar refractivity (Wildman–Crippen MR) is 108 cm³/mol. The van der Waals surface area contributed by atoms with Crippen molar-refractivity contribution < 1.29 is 13.6 Å². The van der Waals surface area contributed by atoms with Gasteiger partial charge >= 0.3 is 0 Å². The zero-order valence-electron chi connectivity index (χ0n) is 15.9. The van der Waals surface area contributed by atoms with Crippen LogP contribution in [-0.4, -0.2) is 11.8 Å². The Morgan fingerprint density at radius 3 is 2.71 bits per heavy atom. The molecule has 0 bridgehead atoms. The van der Waals surface area contributed by atoms with Crippen LogP contribution in [0.15, 0.2) is 12.1 Å². The molecule has 0 spiro atoms. The molecular formula is C22H26F2N2OS. The van der Waals surface area contributed by atoms with Gasteiger partial charge < -0.3 is 11.5 Å². The first-order chi connectivity index (χ1) is 13.5. The van der Waals surface area contributed by atoms with Crippen LogP contribution in [-0.2, 0) is 37.0 Å². The maximum absolute atomic E-state index is 13.7. The molecule has 2 aliphatic carbocycles. The largest absolute Gasteiger partial charge is 0.327 e. The molecule has 2 aliphatic rings. The lowest BCUT2D eigenvalue weighted by molar-refractivity contribution is -0.118. The average Bonchev–Trinajstić information content (AvgIpc) is 3.22. The maximum Gasteiger partial charge on any atom is 0.159 e. The lowest BCUT2D eigenvalue weighted by atomic mass is 9.89. The number of thiophene rings is 1. The summed E-state index contributed by atoms with van der Waals surface area (Å²) in [5, 5.41) is 0. The van der Waals surface area contributed by atoms with Crippen LogP contribution in [0.5, 0.6) is 0 Å². The summed E-state index contributed by atoms with van der Waals surface area (Å²) < 4.78 is 27.1. The number of benzene rings is 1. The smallest absolute Gasteiger partial charge is 0.159 e. The Balaban J connectivity index is 1.46. The molecule has 1 aromatic carbocycles. The van der Waals surface area contributed by atoms with Gasteiger partial charge in [-0.3, -0.25) is 4.79 Å². The van der Waals surface area contributed by atoms with E-state index in [1.54, 1.807) is 11.3 Å². The second-order valence-corrected chi connectivity index (χ2v) is 9.20. The maximum atomic E-state index is 13.7. The molecule has 2 unspecified atom stereocenters. The van der Waals surface area contributed by atoms with Gasteiger partial charge in [0.05, 0.1) is 0 Å². The van der Waals surface area contributed by atoms with Crippen LogP contribution < -0.4 is 11.5 Å². The monoisotopic (exact) mass is 404 g/mol. The predicted octanol–water partition coefficient (Wildman–Crippen LogP) is 3.92. The minimum absolute atomic E-state index is 0.0943. The molecule has 0 aliphatic heterocycles. The van der Waals surface area contributed by atoms with Crippen molar-refractivity contribution in [1.29, 1.82) is 0 Å². The van der Waals surface area contributed by atoms with Crippen molar-refractivity contribution in [2.45, 2.75) is 69.9 Å². The van der Waals surface area contributed by atoms with E-state index in [4.69, 9.17) is 11.5 Å². The van der Waals surface area contributed by atoms with Gasteiger partial charge in [-0.05, 0) is 72.9 Å². The van der Waals surface area contributed by atoms with Crippen molar-refractivity contribution in [3.63, 3.8) is 0 Å². The van der Waals surface area contributed by atoms with E-state index in [0.717, 1.165) is 40.8 Å². The molecule has 2 aromatic rings. The number of nitrogens with two attached hydrogens (primary N) is 2. The Labute approximate surface area is 168 Å². The third-order valence-corrected chi connectivity index (χ3v) is 7.55. The number of carbonyl (C=O) groups excluding carboxylic acids is 1. The summed E-state index contributed by atoms with van der Waals surface area (Å²) in [5.74, 6) is -1.67. The molecule has 6 heteroatoms. The van der Waals surface area contributed by atoms with Crippen LogP contribution in [0.1, 0.15) is 63.6 Å². The summed E-state index contributed by atoms with van der Waals surface area (Å²) in [7, 11) is 0. The Hall–Kier alpha value is -1.63. The fourth-order valence-electron chi connectivity index (χ4n) is 4.80. The van der Waals surface area contributed by atoms with E-state index in [0.29, 0.717) is 19.4 Å². The molecule has 150 valence electrons. The molecule has 0 amide bonds. The summed E-state index contributed by atoms with van der Waals surface area (Å²) in [6.45, 7) is 0.474. The van der Waals surface area contributed by atoms with Gasteiger partial charge in [-0.1, -0.05) is 0 Å². The van der Waals surface area contributed by atoms with Gasteiger partial charge in [0.2, 0.25) is 0 Å². The van der Waals surface area contributed by atoms with Gasteiger partial charge in [-0.2, -0.15) is 0 Å². The van der Waals surface area contributed by atoms with Crippen LogP contribution in [0.25, 0.3) is 0 Å². The van der Waals surface area contributed by atoms with Crippen LogP contribution >= 0.6 is 11.3 Å². The normalized spacial score (nSPS) is 19.4. The summed E-state index contributed by atoms with van der Waals surface area (Å²) in [4.78, 5) is 15.2. The number of halogens is 2. The van der Waals surface area contributed by atoms with E-state index < -0.39 is 11.6 Å². The van der Waals surface area contributed by atoms with E-state index in [-0.39, 0.29) is 24.2 Å². The zero-order valence-corrected chi connectivity index (χ0v) is 16.7. The quantitative estimate of drug-likeness (QED) is 0.767. The first kappa shape index (κ1) is 19.7. The Morgan fingerprint density at radius 2 is 1.93 bits per heavy atom. The zero-order chi connectivity index (χ0) is 19.8. The standard InChI is InChI=1S/C22H26F2N2OS/c23-18-7-12-5-6-14(16(12)10-19(18)24)20(26)8-13(27)9-22-17(11-25)15-3-1-2-4-21(15)28-22/h7,10,14,20H,1-6,8-9,11,25-26H2. The van der Waals surface area contributed by atoms with Crippen molar-refractivity contribution in [2.24, 2.45) is 11.5 Å². The first-order valence-corrected chi connectivity index (χ1v) is 10.9. The Morgan fingerprint density at radius 1 is 1.18 bits per heavy atom. The van der Waals surface area contributed by atoms with Crippen molar-refractivity contribution >= 4 is 17.1 Å². The molecule has 28 heavy (non-hydrogen) atoms. The molecule has 0 fully saturated rings. The molecule has 3 nitrogen and oxygen atoms in total. The van der Waals surface area contributed by atoms with Crippen molar-refractivity contribution in [2.75, 3.05) is 0 Å². The highest BCUT2D eigenvalue weighted by molar-refractivity contribution is 7.12. The van der Waals surface area contributed by atoms with E-state index >= 15 is 0 Å². The molecule has 0 radical (unpaired) electrons. The fourth-order valence-corrected chi connectivity index (χ4v) is 6.26. The highest BCUT2D eigenvalue weighted by atomic mass is 32.1. The SMILES string of the molecule is NCc1c(CC(=O)CC(N)C2CCc3cc(F)c(F)cc32)sc2c1CCCC2. The topological polar surface area (TPSA) is 69.1 Å². The summed E-state index contributed by atoms with van der Waals surface area (Å²) in [6.07, 6.45) is 6.56. The second-order valence-electron chi connectivity index (χ2n) is 8.01. The summed E-state index contributed by atoms with van der Waals surface area (Å²) >= 11 is 1.73. The van der Waals surface area contributed by atoms with Crippen LogP contribution in [0, 0.1) is 11.6 Å². The highest BCUT2D eigenvalue weighted by Crippen LogP contribution is 2.38. The minimum atomic E-state index is -0.846. The third kappa shape index (κ3) is 3.65. The minimum Gasteiger partial charge on any atom is -0.327 e. The second kappa shape index (κ2) is 8.01. The number of rotatable bonds is 6. The van der Waals surface area contributed by atoms with E-state index in [9.17, 15) is 13.6 Å². The molecule has 1 aromatic heterocycles. The third-order valence-electron chi connectivity index (χ3n) is 6.21. The van der Waals surface area contributed by atoms with Crippen LogP contribution in [0.3, 0.4) is 0 Å². The fraction of sp³-hybridized carbons (Fsp3) is 0.500. The Kier molecular flexibility index (Phi) is 5.63. The first-order valence-electron chi connectivity index (χ1n) is 10.0.